The number of rotatable bonds is 2. The van der Waals surface area contributed by atoms with E-state index in [1.54, 1.807) is 24.5 Å². The lowest BCUT2D eigenvalue weighted by Crippen LogP contribution is -1.95. The van der Waals surface area contributed by atoms with Crippen molar-refractivity contribution in [2.24, 2.45) is 0 Å². The van der Waals surface area contributed by atoms with E-state index < -0.39 is 11.9 Å². The van der Waals surface area contributed by atoms with Gasteiger partial charge in [0.2, 0.25) is 5.82 Å². The van der Waals surface area contributed by atoms with Crippen LogP contribution in [0.4, 0.5) is 0 Å². The van der Waals surface area contributed by atoms with Crippen LogP contribution in [0.15, 0.2) is 29.0 Å². The third-order valence-corrected chi connectivity index (χ3v) is 1.55. The van der Waals surface area contributed by atoms with Crippen LogP contribution in [-0.2, 0) is 0 Å². The summed E-state index contributed by atoms with van der Waals surface area (Å²) in [7, 11) is 0. The van der Waals surface area contributed by atoms with Crippen molar-refractivity contribution >= 4 is 5.97 Å². The van der Waals surface area contributed by atoms with Crippen molar-refractivity contribution in [3.8, 4) is 11.4 Å². The maximum atomic E-state index is 10.4. The average Bonchev–Trinajstić information content (AvgIpc) is 2.68. The summed E-state index contributed by atoms with van der Waals surface area (Å²) in [6, 6.07) is 3.33. The quantitative estimate of drug-likeness (QED) is 0.756. The molecule has 2 heterocycles. The molecule has 0 unspecified atom stereocenters. The van der Waals surface area contributed by atoms with Gasteiger partial charge in [0.25, 0.3) is 0 Å². The molecule has 0 amide bonds. The second-order valence-corrected chi connectivity index (χ2v) is 2.46. The van der Waals surface area contributed by atoms with E-state index in [1.165, 1.54) is 0 Å². The summed E-state index contributed by atoms with van der Waals surface area (Å²) in [6.07, 6.45) is 3.12. The molecule has 70 valence electrons. The Morgan fingerprint density at radius 2 is 2.07 bits per heavy atom. The number of hydrogen-bond donors (Lipinski definition) is 1. The summed E-state index contributed by atoms with van der Waals surface area (Å²) in [5, 5.41) is 12.0. The van der Waals surface area contributed by atoms with Crippen LogP contribution in [0.25, 0.3) is 11.4 Å². The molecule has 0 fully saturated rings. The van der Waals surface area contributed by atoms with Gasteiger partial charge in [0.1, 0.15) is 0 Å². The summed E-state index contributed by atoms with van der Waals surface area (Å²) in [6.45, 7) is 0. The van der Waals surface area contributed by atoms with Crippen molar-refractivity contribution in [1.29, 1.82) is 0 Å². The Morgan fingerprint density at radius 1 is 1.36 bits per heavy atom. The molecular weight excluding hydrogens is 186 g/mol. The van der Waals surface area contributed by atoms with Gasteiger partial charge in [-0.05, 0) is 12.1 Å². The zero-order valence-electron chi connectivity index (χ0n) is 6.91. The highest BCUT2D eigenvalue weighted by atomic mass is 16.5. The molecule has 2 aromatic heterocycles. The summed E-state index contributed by atoms with van der Waals surface area (Å²) in [4.78, 5) is 17.9. The molecule has 0 aliphatic heterocycles. The smallest absolute Gasteiger partial charge is 0.394 e. The van der Waals surface area contributed by atoms with E-state index in [4.69, 9.17) is 5.11 Å². The van der Waals surface area contributed by atoms with Crippen LogP contribution in [0, 0.1) is 0 Å². The van der Waals surface area contributed by atoms with Gasteiger partial charge in [0.15, 0.2) is 0 Å². The number of nitrogens with zero attached hydrogens (tertiary/aromatic N) is 3. The molecule has 0 radical (unpaired) electrons. The van der Waals surface area contributed by atoms with Gasteiger partial charge >= 0.3 is 11.9 Å². The number of carbonyl (C=O) groups is 1. The van der Waals surface area contributed by atoms with Crippen LogP contribution in [-0.4, -0.2) is 26.2 Å². The van der Waals surface area contributed by atoms with Crippen LogP contribution in [0.5, 0.6) is 0 Å². The average molecular weight is 191 g/mol. The molecular formula is C8H5N3O3. The summed E-state index contributed by atoms with van der Waals surface area (Å²) in [5.41, 5.74) is 0.663. The molecule has 0 aliphatic carbocycles. The van der Waals surface area contributed by atoms with Gasteiger partial charge in [0.05, 0.1) is 0 Å². The first-order chi connectivity index (χ1) is 6.77. The van der Waals surface area contributed by atoms with Crippen molar-refractivity contribution in [1.82, 2.24) is 15.1 Å². The van der Waals surface area contributed by atoms with Crippen LogP contribution >= 0.6 is 0 Å². The van der Waals surface area contributed by atoms with Crippen LogP contribution in [0.1, 0.15) is 10.7 Å². The summed E-state index contributed by atoms with van der Waals surface area (Å²) < 4.78 is 4.50. The first kappa shape index (κ1) is 8.36. The maximum Gasteiger partial charge on any atom is 0.394 e. The highest BCUT2D eigenvalue weighted by molar-refractivity contribution is 5.82. The van der Waals surface area contributed by atoms with E-state index >= 15 is 0 Å². The topological polar surface area (TPSA) is 89.1 Å². The molecule has 6 heteroatoms. The molecule has 0 saturated carbocycles. The van der Waals surface area contributed by atoms with Crippen molar-refractivity contribution in [3.63, 3.8) is 0 Å². The van der Waals surface area contributed by atoms with Crippen LogP contribution < -0.4 is 0 Å². The maximum absolute atomic E-state index is 10.4. The van der Waals surface area contributed by atoms with Gasteiger partial charge in [-0.1, -0.05) is 5.16 Å². The van der Waals surface area contributed by atoms with Crippen LogP contribution in [0.3, 0.4) is 0 Å². The van der Waals surface area contributed by atoms with E-state index in [1.807, 2.05) is 0 Å². The zero-order valence-corrected chi connectivity index (χ0v) is 6.91. The number of pyridine rings is 1. The predicted octanol–water partition coefficient (Wildman–Crippen LogP) is 0.830. The Kier molecular flexibility index (Phi) is 1.94. The summed E-state index contributed by atoms with van der Waals surface area (Å²) in [5.74, 6) is -1.42. The van der Waals surface area contributed by atoms with E-state index in [0.29, 0.717) is 5.56 Å². The lowest BCUT2D eigenvalue weighted by atomic mass is 10.2. The van der Waals surface area contributed by atoms with Crippen molar-refractivity contribution < 1.29 is 14.4 Å². The molecule has 14 heavy (non-hydrogen) atoms. The SMILES string of the molecule is O=C(O)c1nc(-c2ccncc2)no1. The monoisotopic (exact) mass is 191 g/mol. The summed E-state index contributed by atoms with van der Waals surface area (Å²) >= 11 is 0. The second-order valence-electron chi connectivity index (χ2n) is 2.46. The minimum absolute atomic E-state index is 0.241. The molecule has 6 nitrogen and oxygen atoms in total. The Bertz CT molecular complexity index is 452. The predicted molar refractivity (Wildman–Crippen MR) is 44.5 cm³/mol. The van der Waals surface area contributed by atoms with Crippen molar-refractivity contribution in [3.05, 3.63) is 30.4 Å². The normalized spacial score (nSPS) is 10.0. The van der Waals surface area contributed by atoms with Gasteiger partial charge in [0, 0.05) is 18.0 Å². The van der Waals surface area contributed by atoms with Gasteiger partial charge in [-0.15, -0.1) is 0 Å². The number of aromatic nitrogens is 3. The third-order valence-electron chi connectivity index (χ3n) is 1.55. The highest BCUT2D eigenvalue weighted by Gasteiger charge is 2.13. The molecule has 1 N–H and O–H groups in total. The number of carboxylic acids is 1. The lowest BCUT2D eigenvalue weighted by Gasteiger charge is -1.89. The van der Waals surface area contributed by atoms with Crippen molar-refractivity contribution in [2.45, 2.75) is 0 Å². The lowest BCUT2D eigenvalue weighted by molar-refractivity contribution is 0.0643. The first-order valence-corrected chi connectivity index (χ1v) is 3.75. The molecule has 2 rings (SSSR count). The van der Waals surface area contributed by atoms with Crippen LogP contribution in [0.2, 0.25) is 0 Å². The van der Waals surface area contributed by atoms with E-state index in [0.717, 1.165) is 0 Å². The number of aromatic carboxylic acids is 1. The molecule has 2 aromatic rings. The largest absolute Gasteiger partial charge is 0.474 e. The second kappa shape index (κ2) is 3.25. The third kappa shape index (κ3) is 1.45. The van der Waals surface area contributed by atoms with Crippen molar-refractivity contribution in [2.75, 3.05) is 0 Å². The molecule has 0 aromatic carbocycles. The fraction of sp³-hybridized carbons (Fsp3) is 0. The van der Waals surface area contributed by atoms with Gasteiger partial charge in [-0.3, -0.25) is 4.98 Å². The molecule has 0 saturated heterocycles. The molecule has 0 spiro atoms. The minimum atomic E-state index is -1.24. The standard InChI is InChI=1S/C8H5N3O3/c12-8(13)7-10-6(11-14-7)5-1-3-9-4-2-5/h1-4H,(H,12,13). The zero-order chi connectivity index (χ0) is 9.97. The minimum Gasteiger partial charge on any atom is -0.474 e. The fourth-order valence-electron chi connectivity index (χ4n) is 0.929. The number of carboxylic acid groups (broad SMARTS) is 1. The van der Waals surface area contributed by atoms with Gasteiger partial charge < -0.3 is 9.63 Å². The van der Waals surface area contributed by atoms with E-state index in [-0.39, 0.29) is 5.82 Å². The first-order valence-electron chi connectivity index (χ1n) is 3.75. The van der Waals surface area contributed by atoms with E-state index in [2.05, 4.69) is 19.6 Å². The number of hydrogen-bond acceptors (Lipinski definition) is 5. The van der Waals surface area contributed by atoms with E-state index in [9.17, 15) is 4.79 Å². The molecule has 0 bridgehead atoms. The molecule has 0 atom stereocenters. The highest BCUT2D eigenvalue weighted by Crippen LogP contribution is 2.13. The Balaban J connectivity index is 2.39. The molecule has 0 aliphatic rings. The Hall–Kier alpha value is -2.24. The Morgan fingerprint density at radius 3 is 2.64 bits per heavy atom. The fourth-order valence-corrected chi connectivity index (χ4v) is 0.929. The van der Waals surface area contributed by atoms with Gasteiger partial charge in [-0.25, -0.2) is 4.79 Å². The van der Waals surface area contributed by atoms with Gasteiger partial charge in [-0.2, -0.15) is 4.98 Å². The Labute approximate surface area is 78.2 Å².